The maximum absolute atomic E-state index is 8.19. The quantitative estimate of drug-likeness (QED) is 0.335. The summed E-state index contributed by atoms with van der Waals surface area (Å²) in [5.41, 5.74) is 18.2. The summed E-state index contributed by atoms with van der Waals surface area (Å²) >= 11 is 1.06. The normalized spacial score (nSPS) is 13.2. The average Bonchev–Trinajstić information content (AvgIpc) is 3.57. The topological polar surface area (TPSA) is 71.1 Å². The molecule has 0 saturated heterocycles. The molecule has 5 nitrogen and oxygen atoms in total. The molecule has 2 aliphatic heterocycles. The number of fused-ring (bicyclic) bond motifs is 8. The van der Waals surface area contributed by atoms with Crippen LogP contribution in [0.5, 0.6) is 0 Å². The van der Waals surface area contributed by atoms with Crippen molar-refractivity contribution in [1.82, 2.24) is 19.9 Å². The predicted molar refractivity (Wildman–Crippen MR) is 153 cm³/mol. The second kappa shape index (κ2) is 11.4. The van der Waals surface area contributed by atoms with Crippen LogP contribution in [-0.2, 0) is 33.9 Å². The molecule has 5 heterocycles. The van der Waals surface area contributed by atoms with E-state index in [4.69, 9.17) is 23.6 Å². The van der Waals surface area contributed by atoms with E-state index in [1.165, 1.54) is 44.5 Å². The number of hydrogen-bond donors (Lipinski definition) is 0. The molecule has 0 unspecified atom stereocenters. The van der Waals surface area contributed by atoms with Gasteiger partial charge in [-0.2, -0.15) is 0 Å². The predicted octanol–water partition coefficient (Wildman–Crippen LogP) is 7.87. The molecule has 2 aliphatic rings. The van der Waals surface area contributed by atoms with E-state index >= 15 is 0 Å². The molecule has 195 valence electrons. The molecule has 6 heteroatoms. The van der Waals surface area contributed by atoms with Crippen LogP contribution in [0.1, 0.15) is 99.4 Å². The van der Waals surface area contributed by atoms with E-state index in [0.717, 1.165) is 87.9 Å². The molecule has 3 aromatic heterocycles. The second-order valence-corrected chi connectivity index (χ2v) is 9.93. The Hall–Kier alpha value is -3.02. The molecule has 0 radical (unpaired) electrons. The van der Waals surface area contributed by atoms with Crippen LogP contribution in [0.2, 0.25) is 0 Å². The zero-order chi connectivity index (χ0) is 27.7. The van der Waals surface area contributed by atoms with Gasteiger partial charge >= 0.3 is 21.0 Å². The molecule has 3 aromatic rings. The Labute approximate surface area is 235 Å². The number of aryl methyl sites for hydroxylation is 4. The van der Waals surface area contributed by atoms with Crippen LogP contribution in [-0.4, -0.2) is 9.97 Å². The van der Waals surface area contributed by atoms with E-state index in [9.17, 15) is 0 Å². The molecule has 38 heavy (non-hydrogen) atoms. The first kappa shape index (κ1) is 28.0. The van der Waals surface area contributed by atoms with Gasteiger partial charge in [0.25, 0.3) is 0 Å². The molecular weight excluding hydrogens is 507 g/mol. The van der Waals surface area contributed by atoms with Crippen molar-refractivity contribution in [3.05, 3.63) is 69.3 Å². The standard InChI is InChI=1S/C32H36N4.O.V/c1-9-21-17(5)25-14-30-23(11-3)19(7)27(35-30)16-32-24(12-4)20(8)28(36-32)15-31-22(10-2)18(6)26(34-31)13-29(21)33-25;;/h13-16H,9-12H2,1-8H3;;/q-2;;+2. The molecule has 8 bridgehead atoms. The SMILES string of the molecule is CCC1=C(C)c2cc3[n-]c(cc4[n-]c(cc5nc(cc1n2)C(C)=C5CC)c(C)c4CC)c(C)c3CC.[O]=[V+2]. The summed E-state index contributed by atoms with van der Waals surface area (Å²) in [5.74, 6) is 0. The van der Waals surface area contributed by atoms with Crippen LogP contribution in [0.4, 0.5) is 0 Å². The van der Waals surface area contributed by atoms with E-state index in [-0.39, 0.29) is 0 Å². The first-order valence-electron chi connectivity index (χ1n) is 13.5. The minimum absolute atomic E-state index is 0.934. The molecule has 0 spiro atoms. The molecule has 5 rings (SSSR count). The van der Waals surface area contributed by atoms with E-state index in [1.807, 2.05) is 0 Å². The van der Waals surface area contributed by atoms with Crippen LogP contribution in [0.25, 0.3) is 44.4 Å². The number of aromatic nitrogens is 4. The van der Waals surface area contributed by atoms with Crippen LogP contribution >= 0.6 is 0 Å². The van der Waals surface area contributed by atoms with Crippen molar-refractivity contribution in [2.24, 2.45) is 0 Å². The second-order valence-electron chi connectivity index (χ2n) is 9.93. The summed E-state index contributed by atoms with van der Waals surface area (Å²) in [6.07, 6.45) is 3.74. The van der Waals surface area contributed by atoms with Gasteiger partial charge in [-0.25, -0.2) is 9.97 Å². The fourth-order valence-corrected chi connectivity index (χ4v) is 5.85. The van der Waals surface area contributed by atoms with Gasteiger partial charge in [-0.1, -0.05) is 68.1 Å². The molecule has 0 N–H and O–H groups in total. The molecule has 0 aliphatic carbocycles. The van der Waals surface area contributed by atoms with Gasteiger partial charge in [-0.05, 0) is 81.7 Å². The average molecular weight is 544 g/mol. The van der Waals surface area contributed by atoms with Crippen molar-refractivity contribution in [1.29, 1.82) is 0 Å². The van der Waals surface area contributed by atoms with Gasteiger partial charge in [0, 0.05) is 0 Å². The van der Waals surface area contributed by atoms with Crippen molar-refractivity contribution >= 4 is 44.4 Å². The Morgan fingerprint density at radius 3 is 1.42 bits per heavy atom. The van der Waals surface area contributed by atoms with Gasteiger partial charge in [0.15, 0.2) is 0 Å². The summed E-state index contributed by atoms with van der Waals surface area (Å²) in [5, 5.41) is 0. The van der Waals surface area contributed by atoms with Crippen molar-refractivity contribution in [2.45, 2.75) is 81.1 Å². The monoisotopic (exact) mass is 543 g/mol. The zero-order valence-electron chi connectivity index (χ0n) is 23.8. The summed E-state index contributed by atoms with van der Waals surface area (Å²) in [6.45, 7) is 17.6. The molecule has 0 atom stereocenters. The van der Waals surface area contributed by atoms with Gasteiger partial charge in [-0.3, -0.25) is 0 Å². The minimum atomic E-state index is 0.934. The van der Waals surface area contributed by atoms with Gasteiger partial charge < -0.3 is 9.97 Å². The zero-order valence-corrected chi connectivity index (χ0v) is 25.2. The van der Waals surface area contributed by atoms with Gasteiger partial charge in [0.05, 0.1) is 22.8 Å². The molecular formula is C32H36N4OV. The van der Waals surface area contributed by atoms with E-state index in [0.29, 0.717) is 0 Å². The summed E-state index contributed by atoms with van der Waals surface area (Å²) in [7, 11) is 0. The summed E-state index contributed by atoms with van der Waals surface area (Å²) in [4.78, 5) is 20.4. The summed E-state index contributed by atoms with van der Waals surface area (Å²) in [6, 6.07) is 8.72. The fourth-order valence-electron chi connectivity index (χ4n) is 5.85. The third-order valence-corrected chi connectivity index (χ3v) is 8.06. The van der Waals surface area contributed by atoms with Crippen LogP contribution < -0.4 is 9.97 Å². The Balaban J connectivity index is 0.00000164. The first-order valence-corrected chi connectivity index (χ1v) is 14.1. The fraction of sp³-hybridized carbons (Fsp3) is 0.375. The molecule has 0 saturated carbocycles. The van der Waals surface area contributed by atoms with Crippen LogP contribution in [0, 0.1) is 13.8 Å². The Morgan fingerprint density at radius 1 is 0.553 bits per heavy atom. The first-order chi connectivity index (χ1) is 18.3. The van der Waals surface area contributed by atoms with Crippen molar-refractivity contribution in [3.63, 3.8) is 0 Å². The number of nitrogens with zero attached hydrogens (tertiary/aromatic N) is 4. The number of rotatable bonds is 4. The Morgan fingerprint density at radius 2 is 0.947 bits per heavy atom. The van der Waals surface area contributed by atoms with E-state index < -0.39 is 0 Å². The molecule has 0 aromatic carbocycles. The third-order valence-electron chi connectivity index (χ3n) is 8.06. The van der Waals surface area contributed by atoms with E-state index in [1.54, 1.807) is 0 Å². The van der Waals surface area contributed by atoms with Crippen molar-refractivity contribution in [3.8, 4) is 0 Å². The van der Waals surface area contributed by atoms with Crippen molar-refractivity contribution in [2.75, 3.05) is 0 Å². The van der Waals surface area contributed by atoms with Gasteiger partial charge in [0.2, 0.25) is 0 Å². The Kier molecular flexibility index (Phi) is 8.39. The molecule has 0 fully saturated rings. The number of hydrogen-bond acceptors (Lipinski definition) is 3. The van der Waals surface area contributed by atoms with Gasteiger partial charge in [0.1, 0.15) is 0 Å². The van der Waals surface area contributed by atoms with Gasteiger partial charge in [-0.15, -0.1) is 22.1 Å². The molecule has 0 amide bonds. The summed E-state index contributed by atoms with van der Waals surface area (Å²) < 4.78 is 8.19. The van der Waals surface area contributed by atoms with E-state index in [2.05, 4.69) is 79.7 Å². The van der Waals surface area contributed by atoms with Crippen molar-refractivity contribution < 1.29 is 21.0 Å². The Bertz CT molecular complexity index is 1630. The number of allylic oxidation sites excluding steroid dienone is 4. The van der Waals surface area contributed by atoms with Crippen LogP contribution in [0.3, 0.4) is 0 Å². The third kappa shape index (κ3) is 4.67. The maximum atomic E-state index is 8.19. The van der Waals surface area contributed by atoms with Crippen LogP contribution in [0.15, 0.2) is 24.3 Å².